The van der Waals surface area contributed by atoms with Gasteiger partial charge < -0.3 is 30.3 Å². The van der Waals surface area contributed by atoms with E-state index in [4.69, 9.17) is 9.47 Å². The second kappa shape index (κ2) is 14.9. The molecule has 0 radical (unpaired) electrons. The third-order valence-corrected chi connectivity index (χ3v) is 7.00. The van der Waals surface area contributed by atoms with E-state index in [1.165, 1.54) is 49.3 Å². The molecule has 6 rings (SSSR count). The van der Waals surface area contributed by atoms with E-state index < -0.39 is 71.2 Å². The average molecular weight is 713 g/mol. The Morgan fingerprint density at radius 2 is 1.06 bits per heavy atom. The summed E-state index contributed by atoms with van der Waals surface area (Å²) in [6, 6.07) is 8.77. The number of benzene rings is 2. The van der Waals surface area contributed by atoms with Gasteiger partial charge in [0.2, 0.25) is 0 Å². The van der Waals surface area contributed by atoms with Gasteiger partial charge in [-0.25, -0.2) is 28.3 Å². The molecule has 0 aliphatic rings. The van der Waals surface area contributed by atoms with Crippen molar-refractivity contribution in [2.24, 2.45) is 0 Å². The van der Waals surface area contributed by atoms with Crippen LogP contribution >= 0.6 is 0 Å². The lowest BCUT2D eigenvalue weighted by Gasteiger charge is -2.15. The maximum atomic E-state index is 14.8. The summed E-state index contributed by atoms with van der Waals surface area (Å²) in [6.45, 7) is -0.864. The Morgan fingerprint density at radius 1 is 0.635 bits per heavy atom. The van der Waals surface area contributed by atoms with Crippen molar-refractivity contribution in [3.05, 3.63) is 120 Å². The molecule has 0 aliphatic heterocycles. The predicted octanol–water partition coefficient (Wildman–Crippen LogP) is 3.28. The summed E-state index contributed by atoms with van der Waals surface area (Å²) in [5.74, 6) is -7.24. The van der Waals surface area contributed by atoms with Crippen LogP contribution in [0.5, 0.6) is 11.5 Å². The molecule has 4 heterocycles. The van der Waals surface area contributed by atoms with Crippen LogP contribution in [0.1, 0.15) is 41.7 Å². The molecule has 6 aromatic rings. The molecule has 18 nitrogen and oxygen atoms in total. The molecule has 0 bridgehead atoms. The smallest absolute Gasteiger partial charge is 0.337 e. The second-order valence-corrected chi connectivity index (χ2v) is 10.4. The lowest BCUT2D eigenvalue weighted by atomic mass is 10.1. The Kier molecular flexibility index (Phi) is 9.78. The zero-order valence-corrected chi connectivity index (χ0v) is 26.2. The van der Waals surface area contributed by atoms with E-state index >= 15 is 0 Å². The maximum absolute atomic E-state index is 14.8. The number of hydrogen-bond acceptors (Lipinski definition) is 12. The Balaban J connectivity index is 1.11. The Bertz CT molecular complexity index is 2110. The molecule has 2 amide bonds. The van der Waals surface area contributed by atoms with Crippen LogP contribution in [0, 0.1) is 11.6 Å². The van der Waals surface area contributed by atoms with Crippen LogP contribution < -0.4 is 20.1 Å². The zero-order valence-electron chi connectivity index (χ0n) is 26.2. The quantitative estimate of drug-likeness (QED) is 0.126. The van der Waals surface area contributed by atoms with Gasteiger partial charge in [0.25, 0.3) is 11.8 Å². The highest BCUT2D eigenvalue weighted by Crippen LogP contribution is 2.29. The van der Waals surface area contributed by atoms with Crippen molar-refractivity contribution >= 4 is 35.1 Å². The number of carboxylic acids is 2. The van der Waals surface area contributed by atoms with Crippen LogP contribution in [0.25, 0.3) is 11.6 Å². The molecule has 0 unspecified atom stereocenters. The first-order valence-corrected chi connectivity index (χ1v) is 14.7. The topological polar surface area (TPSA) is 238 Å². The van der Waals surface area contributed by atoms with Crippen LogP contribution in [0.3, 0.4) is 0 Å². The van der Waals surface area contributed by atoms with Gasteiger partial charge in [0.1, 0.15) is 25.9 Å². The summed E-state index contributed by atoms with van der Waals surface area (Å²) in [5, 5.41) is 39.4. The number of carboxylic acid groups (broad SMARTS) is 2. The molecule has 0 fully saturated rings. The first-order chi connectivity index (χ1) is 25.1. The molecular formula is C32H22F2N10O8. The molecule has 0 saturated carbocycles. The highest BCUT2D eigenvalue weighted by atomic mass is 19.1. The molecule has 0 spiro atoms. The molecule has 0 atom stereocenters. The average Bonchev–Trinajstić information content (AvgIpc) is 3.88. The van der Waals surface area contributed by atoms with E-state index in [0.29, 0.717) is 23.8 Å². The standard InChI is InChI=1S/C32H22F2N10O8/c33-19-11-17(31(47)48)23(37-29(45)21-1-3-27(41-39-21)43-7-5-35-15-43)13-25(19)51-9-10-52-26-14-24(18(32(49)50)12-20(26)34)38-30(46)22-2-4-28(42-40-22)44-8-6-36-16-44/h1-8,11-16H,9-10H2,(H,37,45)(H,38,46)(H,47,48)(H,49,50). The number of halogens is 2. The van der Waals surface area contributed by atoms with Crippen molar-refractivity contribution < 1.29 is 47.6 Å². The van der Waals surface area contributed by atoms with Gasteiger partial charge in [-0.1, -0.05) is 0 Å². The highest BCUT2D eigenvalue weighted by molar-refractivity contribution is 6.07. The second-order valence-electron chi connectivity index (χ2n) is 10.4. The zero-order chi connectivity index (χ0) is 36.8. The number of hydrogen-bond donors (Lipinski definition) is 4. The molecule has 52 heavy (non-hydrogen) atoms. The van der Waals surface area contributed by atoms with Crippen LogP contribution in [-0.4, -0.2) is 86.7 Å². The fourth-order valence-electron chi connectivity index (χ4n) is 4.52. The Hall–Kier alpha value is -7.64. The molecular weight excluding hydrogens is 690 g/mol. The third-order valence-electron chi connectivity index (χ3n) is 7.00. The Labute approximate surface area is 289 Å². The van der Waals surface area contributed by atoms with E-state index in [2.05, 4.69) is 41.0 Å². The van der Waals surface area contributed by atoms with E-state index in [0.717, 1.165) is 12.1 Å². The number of anilines is 2. The van der Waals surface area contributed by atoms with E-state index in [9.17, 15) is 38.2 Å². The SMILES string of the molecule is O=C(Nc1cc(OCCOc2cc(NC(=O)c3ccc(-n4ccnc4)nn3)c(C(=O)O)cc2F)c(F)cc1C(=O)O)c1ccc(-n2ccnc2)nn1. The lowest BCUT2D eigenvalue weighted by Crippen LogP contribution is -2.18. The van der Waals surface area contributed by atoms with Crippen LogP contribution in [0.15, 0.2) is 86.0 Å². The summed E-state index contributed by atoms with van der Waals surface area (Å²) in [4.78, 5) is 57.1. The number of nitrogens with one attached hydrogen (secondary N) is 2. The summed E-state index contributed by atoms with van der Waals surface area (Å²) in [7, 11) is 0. The predicted molar refractivity (Wildman–Crippen MR) is 172 cm³/mol. The molecule has 0 saturated heterocycles. The van der Waals surface area contributed by atoms with Crippen LogP contribution in [0.4, 0.5) is 20.2 Å². The molecule has 2 aromatic carbocycles. The largest absolute Gasteiger partial charge is 0.487 e. The number of amides is 2. The molecule has 0 aliphatic carbocycles. The lowest BCUT2D eigenvalue weighted by molar-refractivity contribution is 0.0686. The van der Waals surface area contributed by atoms with Crippen molar-refractivity contribution in [2.45, 2.75) is 0 Å². The number of ether oxygens (including phenoxy) is 2. The summed E-state index contributed by atoms with van der Waals surface area (Å²) in [6.07, 6.45) is 9.20. The van der Waals surface area contributed by atoms with Gasteiger partial charge >= 0.3 is 11.9 Å². The normalized spacial score (nSPS) is 10.7. The minimum Gasteiger partial charge on any atom is -0.487 e. The van der Waals surface area contributed by atoms with Crippen molar-refractivity contribution in [3.63, 3.8) is 0 Å². The fraction of sp³-hybridized carbons (Fsp3) is 0.0625. The highest BCUT2D eigenvalue weighted by Gasteiger charge is 2.21. The van der Waals surface area contributed by atoms with Gasteiger partial charge in [-0.3, -0.25) is 18.7 Å². The van der Waals surface area contributed by atoms with Gasteiger partial charge in [-0.15, -0.1) is 20.4 Å². The summed E-state index contributed by atoms with van der Waals surface area (Å²) >= 11 is 0. The van der Waals surface area contributed by atoms with Gasteiger partial charge in [0, 0.05) is 36.9 Å². The molecule has 20 heteroatoms. The minimum absolute atomic E-state index is 0.177. The number of rotatable bonds is 13. The number of aromatic carboxylic acids is 2. The van der Waals surface area contributed by atoms with Gasteiger partial charge in [-0.2, -0.15) is 0 Å². The van der Waals surface area contributed by atoms with E-state index in [-0.39, 0.29) is 22.8 Å². The molecule has 262 valence electrons. The first-order valence-electron chi connectivity index (χ1n) is 14.7. The first kappa shape index (κ1) is 34.2. The number of imidazole rings is 2. The van der Waals surface area contributed by atoms with Crippen molar-refractivity contribution in [2.75, 3.05) is 23.8 Å². The Morgan fingerprint density at radius 3 is 1.38 bits per heavy atom. The van der Waals surface area contributed by atoms with Gasteiger partial charge in [0.05, 0.1) is 22.5 Å². The number of carbonyl (C=O) groups is 4. The van der Waals surface area contributed by atoms with E-state index in [1.807, 2.05) is 0 Å². The third kappa shape index (κ3) is 7.64. The summed E-state index contributed by atoms with van der Waals surface area (Å²) in [5.41, 5.74) is -2.19. The van der Waals surface area contributed by atoms with Crippen molar-refractivity contribution in [1.82, 2.24) is 39.5 Å². The van der Waals surface area contributed by atoms with Crippen molar-refractivity contribution in [1.29, 1.82) is 0 Å². The number of carbonyl (C=O) groups excluding carboxylic acids is 2. The molecule has 4 N–H and O–H groups in total. The molecule has 4 aromatic heterocycles. The minimum atomic E-state index is -1.55. The maximum Gasteiger partial charge on any atom is 0.337 e. The fourth-order valence-corrected chi connectivity index (χ4v) is 4.52. The number of nitrogens with zero attached hydrogens (tertiary/aromatic N) is 8. The van der Waals surface area contributed by atoms with Crippen LogP contribution in [0.2, 0.25) is 0 Å². The summed E-state index contributed by atoms with van der Waals surface area (Å²) < 4.78 is 43.5. The van der Waals surface area contributed by atoms with Gasteiger partial charge in [0.15, 0.2) is 46.2 Å². The number of aromatic nitrogens is 8. The monoisotopic (exact) mass is 712 g/mol. The van der Waals surface area contributed by atoms with Crippen molar-refractivity contribution in [3.8, 4) is 23.1 Å². The van der Waals surface area contributed by atoms with Gasteiger partial charge in [-0.05, 0) is 36.4 Å². The van der Waals surface area contributed by atoms with Crippen LogP contribution in [-0.2, 0) is 0 Å². The van der Waals surface area contributed by atoms with E-state index in [1.54, 1.807) is 21.5 Å².